The van der Waals surface area contributed by atoms with Gasteiger partial charge in [0.2, 0.25) is 5.91 Å². The van der Waals surface area contributed by atoms with Crippen molar-refractivity contribution in [2.45, 2.75) is 45.8 Å². The molecular weight excluding hydrogens is 232 g/mol. The zero-order valence-electron chi connectivity index (χ0n) is 11.9. The molecule has 1 fully saturated rings. The maximum atomic E-state index is 11.8. The molecule has 1 unspecified atom stereocenters. The molecule has 5 nitrogen and oxygen atoms in total. The Morgan fingerprint density at radius 2 is 2.11 bits per heavy atom. The maximum Gasteiger partial charge on any atom is 0.246 e. The summed E-state index contributed by atoms with van der Waals surface area (Å²) < 4.78 is 5.58. The second-order valence-corrected chi connectivity index (χ2v) is 6.34. The molecule has 3 N–H and O–H groups in total. The molecule has 0 saturated carbocycles. The number of carbonyl (C=O) groups is 1. The summed E-state index contributed by atoms with van der Waals surface area (Å²) in [6, 6.07) is -0.0362. The minimum Gasteiger partial charge on any atom is -0.396 e. The zero-order chi connectivity index (χ0) is 13.8. The highest BCUT2D eigenvalue weighted by Crippen LogP contribution is 2.21. The van der Waals surface area contributed by atoms with Crippen molar-refractivity contribution < 1.29 is 14.6 Å². The zero-order valence-corrected chi connectivity index (χ0v) is 11.9. The van der Waals surface area contributed by atoms with Crippen molar-refractivity contribution in [1.29, 1.82) is 0 Å². The van der Waals surface area contributed by atoms with Crippen molar-refractivity contribution in [3.8, 4) is 0 Å². The lowest BCUT2D eigenvalue weighted by atomic mass is 9.85. The molecule has 0 spiro atoms. The summed E-state index contributed by atoms with van der Waals surface area (Å²) in [5.41, 5.74) is -0.272. The monoisotopic (exact) mass is 258 g/mol. The molecule has 18 heavy (non-hydrogen) atoms. The topological polar surface area (TPSA) is 70.6 Å². The van der Waals surface area contributed by atoms with E-state index in [1.165, 1.54) is 0 Å². The summed E-state index contributed by atoms with van der Waals surface area (Å²) in [5, 5.41) is 15.1. The quantitative estimate of drug-likeness (QED) is 0.640. The molecule has 1 heterocycles. The van der Waals surface area contributed by atoms with E-state index in [1.807, 2.05) is 27.7 Å². The Morgan fingerprint density at radius 1 is 1.50 bits per heavy atom. The molecule has 1 rings (SSSR count). The van der Waals surface area contributed by atoms with Crippen LogP contribution in [0.3, 0.4) is 0 Å². The van der Waals surface area contributed by atoms with Crippen LogP contribution in [-0.4, -0.2) is 49.0 Å². The number of amides is 1. The molecule has 0 aromatic heterocycles. The number of hydrogen-bond donors (Lipinski definition) is 3. The van der Waals surface area contributed by atoms with E-state index < -0.39 is 0 Å². The van der Waals surface area contributed by atoms with Gasteiger partial charge in [-0.2, -0.15) is 0 Å². The minimum atomic E-state index is -0.203. The van der Waals surface area contributed by atoms with Crippen molar-refractivity contribution >= 4 is 5.91 Å². The fraction of sp³-hybridized carbons (Fsp3) is 0.923. The highest BCUT2D eigenvalue weighted by Gasteiger charge is 2.33. The molecule has 5 heteroatoms. The lowest BCUT2D eigenvalue weighted by molar-refractivity contribution is -0.137. The normalized spacial score (nSPS) is 20.1. The van der Waals surface area contributed by atoms with Crippen molar-refractivity contribution in [3.05, 3.63) is 0 Å². The third kappa shape index (κ3) is 4.55. The van der Waals surface area contributed by atoms with Crippen molar-refractivity contribution in [3.63, 3.8) is 0 Å². The van der Waals surface area contributed by atoms with E-state index in [0.717, 1.165) is 13.1 Å². The molecule has 1 amide bonds. The van der Waals surface area contributed by atoms with E-state index in [1.54, 1.807) is 0 Å². The Labute approximate surface area is 109 Å². The first kappa shape index (κ1) is 15.4. The van der Waals surface area contributed by atoms with Crippen LogP contribution in [0.4, 0.5) is 0 Å². The standard InChI is InChI=1S/C13H26N2O3/c1-12(2,3)10(5-6-16)15-11(17)7-18-13(4)8-14-9-13/h10,14,16H,5-9H2,1-4H3,(H,15,17). The number of aliphatic hydroxyl groups excluding tert-OH is 1. The third-order valence-corrected chi connectivity index (χ3v) is 3.35. The largest absolute Gasteiger partial charge is 0.396 e. The molecule has 1 saturated heterocycles. The van der Waals surface area contributed by atoms with Crippen LogP contribution in [0.1, 0.15) is 34.1 Å². The van der Waals surface area contributed by atoms with Crippen molar-refractivity contribution in [1.82, 2.24) is 10.6 Å². The Kier molecular flexibility index (Phi) is 5.13. The van der Waals surface area contributed by atoms with Gasteiger partial charge >= 0.3 is 0 Å². The molecule has 0 aromatic carbocycles. The SMILES string of the molecule is CC1(OCC(=O)NC(CCO)C(C)(C)C)CNC1. The number of nitrogens with one attached hydrogen (secondary N) is 2. The molecule has 0 aliphatic carbocycles. The van der Waals surface area contributed by atoms with Gasteiger partial charge in [0.1, 0.15) is 6.61 Å². The average Bonchev–Trinajstić information content (AvgIpc) is 2.22. The Hall–Kier alpha value is -0.650. The summed E-state index contributed by atoms with van der Waals surface area (Å²) in [4.78, 5) is 11.8. The van der Waals surface area contributed by atoms with E-state index in [4.69, 9.17) is 9.84 Å². The molecule has 1 atom stereocenters. The van der Waals surface area contributed by atoms with E-state index in [9.17, 15) is 4.79 Å². The van der Waals surface area contributed by atoms with Crippen LogP contribution in [0.15, 0.2) is 0 Å². The first-order valence-corrected chi connectivity index (χ1v) is 6.52. The first-order valence-electron chi connectivity index (χ1n) is 6.52. The van der Waals surface area contributed by atoms with E-state index >= 15 is 0 Å². The van der Waals surface area contributed by atoms with Gasteiger partial charge in [-0.1, -0.05) is 20.8 Å². The van der Waals surface area contributed by atoms with Gasteiger partial charge in [0.05, 0.1) is 5.60 Å². The summed E-state index contributed by atoms with van der Waals surface area (Å²) in [5.74, 6) is -0.114. The van der Waals surface area contributed by atoms with Gasteiger partial charge in [0.25, 0.3) is 0 Å². The lowest BCUT2D eigenvalue weighted by Crippen LogP contribution is -2.60. The number of hydrogen-bond acceptors (Lipinski definition) is 4. The Balaban J connectivity index is 2.36. The van der Waals surface area contributed by atoms with E-state index in [0.29, 0.717) is 6.42 Å². The van der Waals surface area contributed by atoms with Crippen molar-refractivity contribution in [2.24, 2.45) is 5.41 Å². The van der Waals surface area contributed by atoms with E-state index in [2.05, 4.69) is 10.6 Å². The van der Waals surface area contributed by atoms with Gasteiger partial charge in [-0.05, 0) is 18.8 Å². The van der Waals surface area contributed by atoms with Crippen molar-refractivity contribution in [2.75, 3.05) is 26.3 Å². The van der Waals surface area contributed by atoms with Gasteiger partial charge in [-0.3, -0.25) is 4.79 Å². The number of carbonyl (C=O) groups excluding carboxylic acids is 1. The van der Waals surface area contributed by atoms with Gasteiger partial charge in [-0.15, -0.1) is 0 Å². The van der Waals surface area contributed by atoms with Crippen LogP contribution in [0.25, 0.3) is 0 Å². The fourth-order valence-corrected chi connectivity index (χ4v) is 1.91. The molecule has 0 radical (unpaired) electrons. The smallest absolute Gasteiger partial charge is 0.246 e. The number of ether oxygens (including phenoxy) is 1. The average molecular weight is 258 g/mol. The molecule has 0 bridgehead atoms. The number of rotatable bonds is 6. The third-order valence-electron chi connectivity index (χ3n) is 3.35. The van der Waals surface area contributed by atoms with E-state index in [-0.39, 0.29) is 36.2 Å². The first-order chi connectivity index (χ1) is 8.27. The van der Waals surface area contributed by atoms with Crippen LogP contribution >= 0.6 is 0 Å². The predicted molar refractivity (Wildman–Crippen MR) is 70.3 cm³/mol. The highest BCUT2D eigenvalue weighted by atomic mass is 16.5. The molecule has 106 valence electrons. The molecular formula is C13H26N2O3. The Bertz CT molecular complexity index is 282. The van der Waals surface area contributed by atoms with Gasteiger partial charge < -0.3 is 20.5 Å². The van der Waals surface area contributed by atoms with Gasteiger partial charge in [-0.25, -0.2) is 0 Å². The summed E-state index contributed by atoms with van der Waals surface area (Å²) in [7, 11) is 0. The maximum absolute atomic E-state index is 11.8. The molecule has 1 aliphatic heterocycles. The van der Waals surface area contributed by atoms with Crippen LogP contribution in [-0.2, 0) is 9.53 Å². The van der Waals surface area contributed by atoms with Gasteiger partial charge in [0.15, 0.2) is 0 Å². The van der Waals surface area contributed by atoms with Crippen LogP contribution in [0.5, 0.6) is 0 Å². The summed E-state index contributed by atoms with van der Waals surface area (Å²) in [6.45, 7) is 9.87. The summed E-state index contributed by atoms with van der Waals surface area (Å²) >= 11 is 0. The molecule has 0 aromatic rings. The highest BCUT2D eigenvalue weighted by molar-refractivity contribution is 5.77. The van der Waals surface area contributed by atoms with Gasteiger partial charge in [0, 0.05) is 25.7 Å². The summed E-state index contributed by atoms with van der Waals surface area (Å²) in [6.07, 6.45) is 0.564. The second kappa shape index (κ2) is 5.99. The lowest BCUT2D eigenvalue weighted by Gasteiger charge is -2.39. The van der Waals surface area contributed by atoms with Crippen LogP contribution in [0, 0.1) is 5.41 Å². The molecule has 1 aliphatic rings. The van der Waals surface area contributed by atoms with Crippen LogP contribution < -0.4 is 10.6 Å². The number of aliphatic hydroxyl groups is 1. The van der Waals surface area contributed by atoms with Crippen LogP contribution in [0.2, 0.25) is 0 Å². The predicted octanol–water partition coefficient (Wildman–Crippen LogP) is 0.278. The minimum absolute atomic E-state index is 0.0362. The fourth-order valence-electron chi connectivity index (χ4n) is 1.91. The Morgan fingerprint density at radius 3 is 2.50 bits per heavy atom. The second-order valence-electron chi connectivity index (χ2n) is 6.34.